The predicted octanol–water partition coefficient (Wildman–Crippen LogP) is 2.45. The third kappa shape index (κ3) is 2.92. The third-order valence-electron chi connectivity index (χ3n) is 4.98. The van der Waals surface area contributed by atoms with Crippen molar-refractivity contribution in [2.24, 2.45) is 0 Å². The zero-order valence-corrected chi connectivity index (χ0v) is 14.9. The van der Waals surface area contributed by atoms with Crippen molar-refractivity contribution in [2.45, 2.75) is 37.4 Å². The molecular formula is C20H22O5. The molecule has 1 heterocycles. The van der Waals surface area contributed by atoms with Gasteiger partial charge in [0.2, 0.25) is 17.4 Å². The average Bonchev–Trinajstić information content (AvgIpc) is 2.93. The molecular weight excluding hydrogens is 320 g/mol. The molecule has 2 aliphatic rings. The minimum absolute atomic E-state index is 0.0855. The predicted molar refractivity (Wildman–Crippen MR) is 91.6 cm³/mol. The van der Waals surface area contributed by atoms with Gasteiger partial charge in [0.05, 0.1) is 12.2 Å². The van der Waals surface area contributed by atoms with Crippen LogP contribution in [-0.4, -0.2) is 43.8 Å². The van der Waals surface area contributed by atoms with E-state index in [1.54, 1.807) is 19.9 Å². The van der Waals surface area contributed by atoms with E-state index in [4.69, 9.17) is 18.9 Å². The van der Waals surface area contributed by atoms with Crippen LogP contribution in [-0.2, 0) is 23.7 Å². The van der Waals surface area contributed by atoms with E-state index in [1.165, 1.54) is 14.2 Å². The highest BCUT2D eigenvalue weighted by atomic mass is 16.8. The highest BCUT2D eigenvalue weighted by Crippen LogP contribution is 2.44. The first-order valence-electron chi connectivity index (χ1n) is 8.14. The lowest BCUT2D eigenvalue weighted by molar-refractivity contribution is -0.442. The molecule has 0 saturated carbocycles. The van der Waals surface area contributed by atoms with Gasteiger partial charge in [-0.05, 0) is 26.0 Å². The zero-order chi connectivity index (χ0) is 18.1. The Hall–Kier alpha value is -1.97. The number of carbonyl (C=O) groups is 1. The summed E-state index contributed by atoms with van der Waals surface area (Å²) in [5, 5.41) is 0. The SMILES string of the molecule is COC1(C)OC[C@]2(CC=C(C#Cc3ccccc3)C2=O)OC1(C)OC. The lowest BCUT2D eigenvalue weighted by Crippen LogP contribution is -2.67. The van der Waals surface area contributed by atoms with Gasteiger partial charge in [-0.25, -0.2) is 0 Å². The van der Waals surface area contributed by atoms with E-state index in [0.717, 1.165) is 5.56 Å². The van der Waals surface area contributed by atoms with Crippen LogP contribution < -0.4 is 0 Å². The number of ether oxygens (including phenoxy) is 4. The van der Waals surface area contributed by atoms with Crippen LogP contribution in [0, 0.1) is 11.8 Å². The maximum atomic E-state index is 12.9. The van der Waals surface area contributed by atoms with E-state index < -0.39 is 17.2 Å². The number of ketones is 1. The van der Waals surface area contributed by atoms with Crippen LogP contribution in [0.15, 0.2) is 42.0 Å². The fraction of sp³-hybridized carbons (Fsp3) is 0.450. The molecule has 5 nitrogen and oxygen atoms in total. The van der Waals surface area contributed by atoms with E-state index in [2.05, 4.69) is 11.8 Å². The van der Waals surface area contributed by atoms with Crippen molar-refractivity contribution < 1.29 is 23.7 Å². The highest BCUT2D eigenvalue weighted by Gasteiger charge is 2.61. The van der Waals surface area contributed by atoms with Crippen LogP contribution in [0.5, 0.6) is 0 Å². The van der Waals surface area contributed by atoms with Crippen molar-refractivity contribution in [3.63, 3.8) is 0 Å². The Morgan fingerprint density at radius 2 is 1.72 bits per heavy atom. The summed E-state index contributed by atoms with van der Waals surface area (Å²) in [7, 11) is 3.02. The first-order valence-corrected chi connectivity index (χ1v) is 8.14. The Bertz CT molecular complexity index is 759. The van der Waals surface area contributed by atoms with E-state index in [0.29, 0.717) is 12.0 Å². The number of methoxy groups -OCH3 is 2. The molecule has 0 radical (unpaired) electrons. The summed E-state index contributed by atoms with van der Waals surface area (Å²) in [5.41, 5.74) is 0.169. The molecule has 1 aromatic rings. The Morgan fingerprint density at radius 3 is 2.36 bits per heavy atom. The van der Waals surface area contributed by atoms with E-state index in [9.17, 15) is 4.79 Å². The average molecular weight is 342 g/mol. The molecule has 0 amide bonds. The molecule has 1 spiro atoms. The first-order chi connectivity index (χ1) is 11.9. The molecule has 0 N–H and O–H groups in total. The number of hydrogen-bond donors (Lipinski definition) is 0. The standard InChI is InChI=1S/C20H22O5/c1-18(22-3)19(2,23-4)25-20(14-24-18)13-12-16(17(20)21)11-10-15-8-6-5-7-9-15/h5-9,12H,13-14H2,1-4H3/t18?,19?,20-/m0/s1. The highest BCUT2D eigenvalue weighted by molar-refractivity contribution is 6.08. The van der Waals surface area contributed by atoms with Crippen LogP contribution in [0.25, 0.3) is 0 Å². The van der Waals surface area contributed by atoms with Gasteiger partial charge in [-0.1, -0.05) is 36.1 Å². The summed E-state index contributed by atoms with van der Waals surface area (Å²) >= 11 is 0. The Morgan fingerprint density at radius 1 is 1.04 bits per heavy atom. The first kappa shape index (κ1) is 17.8. The van der Waals surface area contributed by atoms with Crippen LogP contribution in [0.2, 0.25) is 0 Å². The second kappa shape index (κ2) is 6.40. The van der Waals surface area contributed by atoms with Gasteiger partial charge in [-0.2, -0.15) is 0 Å². The topological polar surface area (TPSA) is 54.0 Å². The zero-order valence-electron chi connectivity index (χ0n) is 14.9. The maximum absolute atomic E-state index is 12.9. The summed E-state index contributed by atoms with van der Waals surface area (Å²) in [6.07, 6.45) is 2.19. The number of hydrogen-bond acceptors (Lipinski definition) is 5. The fourth-order valence-electron chi connectivity index (χ4n) is 3.03. The minimum atomic E-state index is -1.22. The molecule has 3 atom stereocenters. The molecule has 1 fully saturated rings. The van der Waals surface area contributed by atoms with Gasteiger partial charge < -0.3 is 18.9 Å². The quantitative estimate of drug-likeness (QED) is 0.773. The summed E-state index contributed by atoms with van der Waals surface area (Å²) in [6.45, 7) is 3.52. The summed E-state index contributed by atoms with van der Waals surface area (Å²) in [5.74, 6) is 3.46. The molecule has 2 unspecified atom stereocenters. The van der Waals surface area contributed by atoms with Crippen LogP contribution in [0.3, 0.4) is 0 Å². The molecule has 3 rings (SSSR count). The van der Waals surface area contributed by atoms with Crippen molar-refractivity contribution >= 4 is 5.78 Å². The van der Waals surface area contributed by atoms with Gasteiger partial charge in [-0.3, -0.25) is 4.79 Å². The van der Waals surface area contributed by atoms with Gasteiger partial charge in [0.1, 0.15) is 0 Å². The molecule has 1 saturated heterocycles. The van der Waals surface area contributed by atoms with E-state index >= 15 is 0 Å². The Balaban J connectivity index is 1.82. The van der Waals surface area contributed by atoms with Gasteiger partial charge in [0.25, 0.3) is 0 Å². The molecule has 25 heavy (non-hydrogen) atoms. The van der Waals surface area contributed by atoms with Crippen molar-refractivity contribution in [1.29, 1.82) is 0 Å². The number of rotatable bonds is 2. The van der Waals surface area contributed by atoms with Crippen LogP contribution >= 0.6 is 0 Å². The maximum Gasteiger partial charge on any atom is 0.221 e. The largest absolute Gasteiger partial charge is 0.349 e. The normalized spacial score (nSPS) is 34.6. The minimum Gasteiger partial charge on any atom is -0.349 e. The number of benzene rings is 1. The monoisotopic (exact) mass is 342 g/mol. The summed E-state index contributed by atoms with van der Waals surface area (Å²) in [6, 6.07) is 9.53. The van der Waals surface area contributed by atoms with Crippen LogP contribution in [0.1, 0.15) is 25.8 Å². The number of carbonyl (C=O) groups excluding carboxylic acids is 1. The molecule has 0 aromatic heterocycles. The van der Waals surface area contributed by atoms with Crippen molar-refractivity contribution in [2.75, 3.05) is 20.8 Å². The van der Waals surface area contributed by atoms with Crippen molar-refractivity contribution in [3.05, 3.63) is 47.5 Å². The van der Waals surface area contributed by atoms with Gasteiger partial charge in [-0.15, -0.1) is 0 Å². The fourth-order valence-corrected chi connectivity index (χ4v) is 3.03. The van der Waals surface area contributed by atoms with E-state index in [-0.39, 0.29) is 12.4 Å². The second-order valence-electron chi connectivity index (χ2n) is 6.45. The lowest BCUT2D eigenvalue weighted by Gasteiger charge is -2.52. The Labute approximate surface area is 147 Å². The molecule has 1 aliphatic heterocycles. The van der Waals surface area contributed by atoms with Gasteiger partial charge in [0, 0.05) is 26.2 Å². The third-order valence-corrected chi connectivity index (χ3v) is 4.98. The molecule has 5 heteroatoms. The second-order valence-corrected chi connectivity index (χ2v) is 6.45. The van der Waals surface area contributed by atoms with E-state index in [1.807, 2.05) is 30.3 Å². The van der Waals surface area contributed by atoms with Gasteiger partial charge in [0.15, 0.2) is 5.60 Å². The number of Topliss-reactive ketones (excluding diaryl/α,β-unsaturated/α-hetero) is 1. The molecule has 132 valence electrons. The van der Waals surface area contributed by atoms with Crippen molar-refractivity contribution in [3.8, 4) is 11.8 Å². The van der Waals surface area contributed by atoms with Gasteiger partial charge >= 0.3 is 0 Å². The molecule has 0 bridgehead atoms. The molecule has 1 aromatic carbocycles. The molecule has 1 aliphatic carbocycles. The Kier molecular flexibility index (Phi) is 4.56. The summed E-state index contributed by atoms with van der Waals surface area (Å²) < 4.78 is 22.9. The van der Waals surface area contributed by atoms with Crippen LogP contribution in [0.4, 0.5) is 0 Å². The smallest absolute Gasteiger partial charge is 0.221 e. The lowest BCUT2D eigenvalue weighted by atomic mass is 9.94. The van der Waals surface area contributed by atoms with Crippen molar-refractivity contribution in [1.82, 2.24) is 0 Å². The summed E-state index contributed by atoms with van der Waals surface area (Å²) in [4.78, 5) is 12.9.